The number of fused-ring (bicyclic) bond motifs is 6. The van der Waals surface area contributed by atoms with E-state index in [0.717, 1.165) is 158 Å². The maximum Gasteiger partial charge on any atom is 0.409 e. The van der Waals surface area contributed by atoms with Gasteiger partial charge in [0.1, 0.15) is 68.6 Å². The number of aromatic nitrogens is 13. The normalized spacial score (nSPS) is 15.1. The summed E-state index contributed by atoms with van der Waals surface area (Å²) >= 11 is 0. The number of amides is 4. The summed E-state index contributed by atoms with van der Waals surface area (Å²) < 4.78 is 11.0. The molecule has 24 nitrogen and oxygen atoms in total. The van der Waals surface area contributed by atoms with Gasteiger partial charge in [0.25, 0.3) is 0 Å². The number of nitrogens with zero attached hydrogens (tertiary/aromatic N) is 14. The minimum Gasteiger partial charge on any atom is -0.453 e. The molecular weight excluding hydrogens is 1170 g/mol. The monoisotopic (exact) mass is 1240 g/mol. The van der Waals surface area contributed by atoms with E-state index in [-0.39, 0.29) is 35.8 Å². The molecule has 16 rings (SSSR count). The number of rotatable bonds is 8. The van der Waals surface area contributed by atoms with Crippen LogP contribution >= 0.6 is 0 Å². The maximum absolute atomic E-state index is 12.8. The summed E-state index contributed by atoms with van der Waals surface area (Å²) in [6, 6.07) is 34.6. The number of methoxy groups -OCH3 is 1. The van der Waals surface area contributed by atoms with Crippen LogP contribution in [0, 0.1) is 0 Å². The number of nitrogens with two attached hydrogens (primary N) is 3. The molecule has 93 heavy (non-hydrogen) atoms. The molecule has 0 unspecified atom stereocenters. The first kappa shape index (κ1) is 59.3. The van der Waals surface area contributed by atoms with E-state index in [4.69, 9.17) is 36.9 Å². The molecule has 3 aliphatic rings. The zero-order valence-corrected chi connectivity index (χ0v) is 52.0. The number of benzene rings is 3. The first-order valence-electron chi connectivity index (χ1n) is 31.4. The predicted octanol–water partition coefficient (Wildman–Crippen LogP) is 10.5. The Balaban J connectivity index is 0.000000121. The fraction of sp³-hybridized carbons (Fsp3) is 0.275. The molecule has 3 fully saturated rings. The van der Waals surface area contributed by atoms with Gasteiger partial charge in [-0.1, -0.05) is 60.7 Å². The first-order chi connectivity index (χ1) is 45.3. The second kappa shape index (κ2) is 25.2. The van der Waals surface area contributed by atoms with Crippen molar-refractivity contribution < 1.29 is 19.1 Å². The van der Waals surface area contributed by atoms with Gasteiger partial charge in [-0.3, -0.25) is 23.0 Å². The van der Waals surface area contributed by atoms with E-state index < -0.39 is 0 Å². The lowest BCUT2D eigenvalue weighted by molar-refractivity contribution is -0.131. The van der Waals surface area contributed by atoms with Gasteiger partial charge in [-0.15, -0.1) is 0 Å². The second-order valence-electron chi connectivity index (χ2n) is 24.2. The van der Waals surface area contributed by atoms with Gasteiger partial charge in [0.05, 0.1) is 30.6 Å². The summed E-state index contributed by atoms with van der Waals surface area (Å²) in [7, 11) is 5.00. The van der Waals surface area contributed by atoms with Crippen molar-refractivity contribution in [2.24, 2.45) is 0 Å². The number of likely N-dealkylation sites (tertiary alicyclic amines) is 3. The number of nitrogen functional groups attached to an aromatic ring is 3. The number of nitrogens with one attached hydrogen (secondary N) is 3. The standard InChI is InChI=1S/C26H25N7O.C22H25N7O.C21H22N6O2/c27-25-24-23(21-15-19-5-1-2-6-20(19)30-21)31-26(33(24)13-10-29-25)18-7-11-32(12-8-18)22(34)14-17-4-3-9-28-16-17;1-27(2)22(30)28-10-7-14(8-11-28)21-26-18(19-20(23)24-9-12-29(19)21)17-13-15-5-3-4-6-16(15)25-17;1-29-21(28)26-9-6-13(7-10-26)20-25-17(18-19(22)23-8-11-27(18)20)16-12-14-4-2-3-5-15(14)24-16/h1-6,9-10,13,15-16,18,30H,7-8,11-12,14H2,(H2,27,29);3-6,9,12-14,25H,7-8,10-11H2,1-2H3,(H2,23,24);2-5,8,11-13,24H,6-7,9-10H2,1H3,(H2,22,23). The Hall–Kier alpha value is -11.3. The van der Waals surface area contributed by atoms with Crippen LogP contribution in [0.3, 0.4) is 0 Å². The van der Waals surface area contributed by atoms with Crippen molar-refractivity contribution in [3.05, 3.63) is 176 Å². The third-order valence-corrected chi connectivity index (χ3v) is 18.3. The third-order valence-electron chi connectivity index (χ3n) is 18.3. The highest BCUT2D eigenvalue weighted by atomic mass is 16.5. The Morgan fingerprint density at radius 3 is 1.24 bits per heavy atom. The van der Waals surface area contributed by atoms with Gasteiger partial charge in [0, 0.05) is 153 Å². The second-order valence-corrected chi connectivity index (χ2v) is 24.2. The Kier molecular flexibility index (Phi) is 16.1. The molecule has 24 heteroatoms. The van der Waals surface area contributed by atoms with Gasteiger partial charge in [-0.05, 0) is 86.6 Å². The van der Waals surface area contributed by atoms with Crippen LogP contribution in [0.2, 0.25) is 0 Å². The number of para-hydroxylation sites is 3. The Morgan fingerprint density at radius 2 is 0.882 bits per heavy atom. The van der Waals surface area contributed by atoms with E-state index in [1.165, 1.54) is 7.11 Å². The van der Waals surface area contributed by atoms with E-state index in [0.29, 0.717) is 50.1 Å². The number of aromatic amines is 3. The fourth-order valence-electron chi connectivity index (χ4n) is 13.5. The Morgan fingerprint density at radius 1 is 0.505 bits per heavy atom. The van der Waals surface area contributed by atoms with Crippen molar-refractivity contribution in [2.45, 2.75) is 62.7 Å². The van der Waals surface area contributed by atoms with Crippen molar-refractivity contribution in [3.8, 4) is 34.2 Å². The fourth-order valence-corrected chi connectivity index (χ4v) is 13.5. The molecule has 0 bridgehead atoms. The van der Waals surface area contributed by atoms with Gasteiger partial charge in [0.2, 0.25) is 5.91 Å². The molecule has 0 saturated carbocycles. The van der Waals surface area contributed by atoms with E-state index in [1.807, 2.05) is 87.4 Å². The number of ether oxygens (including phenoxy) is 1. The molecule has 0 spiro atoms. The summed E-state index contributed by atoms with van der Waals surface area (Å²) in [5.74, 6) is 5.12. The average Bonchev–Trinajstić information content (AvgIpc) is 1.65. The van der Waals surface area contributed by atoms with Crippen LogP contribution in [0.4, 0.5) is 27.0 Å². The molecule has 3 saturated heterocycles. The summed E-state index contributed by atoms with van der Waals surface area (Å²) in [4.78, 5) is 86.6. The van der Waals surface area contributed by atoms with Crippen LogP contribution in [-0.2, 0) is 16.0 Å². The highest BCUT2D eigenvalue weighted by molar-refractivity contribution is 5.94. The molecule has 472 valence electrons. The average molecular weight is 1250 g/mol. The highest BCUT2D eigenvalue weighted by Gasteiger charge is 2.33. The molecule has 3 aliphatic heterocycles. The molecule has 0 atom stereocenters. The van der Waals surface area contributed by atoms with E-state index >= 15 is 0 Å². The van der Waals surface area contributed by atoms with Crippen molar-refractivity contribution >= 4 is 84.7 Å². The lowest BCUT2D eigenvalue weighted by atomic mass is 9.95. The number of hydrogen-bond acceptors (Lipinski definition) is 14. The highest BCUT2D eigenvalue weighted by Crippen LogP contribution is 2.39. The quantitative estimate of drug-likeness (QED) is 0.0825. The number of pyridine rings is 1. The van der Waals surface area contributed by atoms with Crippen LogP contribution in [0.25, 0.3) is 83.4 Å². The molecule has 0 aliphatic carbocycles. The summed E-state index contributed by atoms with van der Waals surface area (Å²) in [5, 5.41) is 3.38. The number of H-pyrrole nitrogens is 3. The maximum atomic E-state index is 12.8. The molecule has 13 heterocycles. The van der Waals surface area contributed by atoms with E-state index in [1.54, 1.807) is 54.9 Å². The van der Waals surface area contributed by atoms with E-state index in [9.17, 15) is 14.4 Å². The largest absolute Gasteiger partial charge is 0.453 e. The van der Waals surface area contributed by atoms with Crippen molar-refractivity contribution in [3.63, 3.8) is 0 Å². The van der Waals surface area contributed by atoms with E-state index in [2.05, 4.69) is 92.2 Å². The number of carbonyl (C=O) groups is 3. The summed E-state index contributed by atoms with van der Waals surface area (Å²) in [5.41, 5.74) is 30.6. The number of piperidine rings is 3. The first-order valence-corrected chi connectivity index (χ1v) is 31.4. The minimum atomic E-state index is -0.274. The van der Waals surface area contributed by atoms with Gasteiger partial charge in [0.15, 0.2) is 0 Å². The molecule has 9 N–H and O–H groups in total. The smallest absolute Gasteiger partial charge is 0.409 e. The molecule has 4 amide bonds. The Labute approximate surface area is 534 Å². The lowest BCUT2D eigenvalue weighted by Crippen LogP contribution is -2.43. The van der Waals surface area contributed by atoms with Crippen molar-refractivity contribution in [1.29, 1.82) is 0 Å². The van der Waals surface area contributed by atoms with Crippen LogP contribution in [0.1, 0.15) is 79.3 Å². The Bertz CT molecular complexity index is 4780. The number of urea groups is 1. The summed E-state index contributed by atoms with van der Waals surface area (Å²) in [6.45, 7) is 4.16. The summed E-state index contributed by atoms with van der Waals surface area (Å²) in [6.07, 6.45) is 19.6. The molecule has 13 aromatic rings. The SMILES string of the molecule is CN(C)C(=O)N1CCC(c2nc(-c3cc4ccccc4[nH]3)c3c(N)nccn23)CC1.COC(=O)N1CCC(c2nc(-c3cc4ccccc4[nH]3)c3c(N)nccn23)CC1.Nc1nccn2c(C3CCN(C(=O)Cc4cccnc4)CC3)nc(-c3cc4ccccc4[nH]3)c12. The van der Waals surface area contributed by atoms with Crippen LogP contribution in [0.15, 0.2) is 153 Å². The zero-order valence-electron chi connectivity index (χ0n) is 52.0. The van der Waals surface area contributed by atoms with Crippen LogP contribution in [0.5, 0.6) is 0 Å². The third kappa shape index (κ3) is 11.6. The molecular formula is C69H72N20O4. The number of carbonyl (C=O) groups excluding carboxylic acids is 3. The van der Waals surface area contributed by atoms with Crippen molar-refractivity contribution in [1.82, 2.24) is 82.6 Å². The van der Waals surface area contributed by atoms with Crippen LogP contribution in [-0.4, -0.2) is 161 Å². The van der Waals surface area contributed by atoms with Gasteiger partial charge in [-0.2, -0.15) is 0 Å². The molecule has 10 aromatic heterocycles. The van der Waals surface area contributed by atoms with Crippen LogP contribution < -0.4 is 17.2 Å². The zero-order chi connectivity index (χ0) is 63.9. The van der Waals surface area contributed by atoms with Crippen molar-refractivity contribution in [2.75, 3.05) is 77.7 Å². The van der Waals surface area contributed by atoms with Gasteiger partial charge < -0.3 is 56.5 Å². The topological polar surface area (TPSA) is 302 Å². The number of hydrogen-bond donors (Lipinski definition) is 6. The molecule has 3 aromatic carbocycles. The number of imidazole rings is 3. The van der Waals surface area contributed by atoms with Gasteiger partial charge in [-0.25, -0.2) is 39.5 Å². The van der Waals surface area contributed by atoms with Gasteiger partial charge >= 0.3 is 12.1 Å². The molecule has 0 radical (unpaired) electrons. The number of anilines is 3. The predicted molar refractivity (Wildman–Crippen MR) is 359 cm³/mol. The minimum absolute atomic E-state index is 0.0636. The lowest BCUT2D eigenvalue weighted by Gasteiger charge is -2.33.